The van der Waals surface area contributed by atoms with Gasteiger partial charge in [-0.25, -0.2) is 0 Å². The molecule has 0 spiro atoms. The minimum absolute atomic E-state index is 0.341. The maximum atomic E-state index is 9.27. The summed E-state index contributed by atoms with van der Waals surface area (Å²) in [5.74, 6) is 0. The van der Waals surface area contributed by atoms with Crippen LogP contribution in [-0.2, 0) is 4.74 Å². The molecular formula is C18H36O2. The Morgan fingerprint density at radius 2 is 1.25 bits per heavy atom. The highest BCUT2D eigenvalue weighted by Crippen LogP contribution is 2.22. The van der Waals surface area contributed by atoms with E-state index in [1.165, 1.54) is 77.0 Å². The van der Waals surface area contributed by atoms with Gasteiger partial charge in [-0.1, -0.05) is 84.0 Å². The summed E-state index contributed by atoms with van der Waals surface area (Å²) in [7, 11) is 0. The molecule has 1 heterocycles. The van der Waals surface area contributed by atoms with Crippen molar-refractivity contribution in [1.29, 1.82) is 0 Å². The molecule has 0 saturated carbocycles. The predicted molar refractivity (Wildman–Crippen MR) is 85.8 cm³/mol. The summed E-state index contributed by atoms with van der Waals surface area (Å²) >= 11 is 0. The highest BCUT2D eigenvalue weighted by atomic mass is 16.6. The normalized spacial score (nSPS) is 22.5. The molecule has 0 aromatic rings. The molecule has 1 rings (SSSR count). The van der Waals surface area contributed by atoms with Crippen LogP contribution in [0.1, 0.15) is 103 Å². The molecule has 2 atom stereocenters. The van der Waals surface area contributed by atoms with Gasteiger partial charge in [-0.05, 0) is 12.8 Å². The zero-order valence-electron chi connectivity index (χ0n) is 13.6. The second-order valence-electron chi connectivity index (χ2n) is 6.47. The van der Waals surface area contributed by atoms with Gasteiger partial charge >= 0.3 is 0 Å². The average molecular weight is 284 g/mol. The number of rotatable bonds is 13. The number of unbranched alkanes of at least 4 members (excludes halogenated alkanes) is 11. The van der Waals surface area contributed by atoms with Gasteiger partial charge in [0, 0.05) is 6.42 Å². The second-order valence-corrected chi connectivity index (χ2v) is 6.47. The van der Waals surface area contributed by atoms with E-state index >= 15 is 0 Å². The summed E-state index contributed by atoms with van der Waals surface area (Å²) in [5, 5.41) is 9.27. The van der Waals surface area contributed by atoms with E-state index < -0.39 is 6.29 Å². The Morgan fingerprint density at radius 1 is 0.750 bits per heavy atom. The predicted octanol–water partition coefficient (Wildman–Crippen LogP) is 5.58. The summed E-state index contributed by atoms with van der Waals surface area (Å²) < 4.78 is 5.42. The van der Waals surface area contributed by atoms with Crippen LogP contribution in [0.3, 0.4) is 0 Å². The Kier molecular flexibility index (Phi) is 11.4. The Labute approximate surface area is 126 Å². The van der Waals surface area contributed by atoms with Gasteiger partial charge in [0.05, 0.1) is 6.10 Å². The first-order valence-corrected chi connectivity index (χ1v) is 9.16. The first kappa shape index (κ1) is 18.0. The Bertz CT molecular complexity index is 206. The number of hydrogen-bond donors (Lipinski definition) is 1. The quantitative estimate of drug-likeness (QED) is 0.448. The monoisotopic (exact) mass is 284 g/mol. The fourth-order valence-corrected chi connectivity index (χ4v) is 3.11. The summed E-state index contributed by atoms with van der Waals surface area (Å²) in [6.45, 7) is 2.28. The third-order valence-electron chi connectivity index (χ3n) is 4.46. The zero-order chi connectivity index (χ0) is 14.5. The molecule has 2 unspecified atom stereocenters. The van der Waals surface area contributed by atoms with E-state index in [1.807, 2.05) is 0 Å². The molecule has 0 aliphatic carbocycles. The standard InChI is InChI=1S/C18H36O2/c1-2-3-4-5-6-7-8-9-10-11-12-13-14-17-15-16-18(19)20-17/h17-19H,2-16H2,1H3. The lowest BCUT2D eigenvalue weighted by atomic mass is 10.0. The smallest absolute Gasteiger partial charge is 0.154 e. The number of aliphatic hydroxyl groups is 1. The van der Waals surface area contributed by atoms with Crippen molar-refractivity contribution in [2.24, 2.45) is 0 Å². The van der Waals surface area contributed by atoms with Crippen LogP contribution in [0.5, 0.6) is 0 Å². The van der Waals surface area contributed by atoms with Crippen molar-refractivity contribution in [2.75, 3.05) is 0 Å². The van der Waals surface area contributed by atoms with Gasteiger partial charge in [-0.2, -0.15) is 0 Å². The molecule has 1 aliphatic rings. The van der Waals surface area contributed by atoms with Crippen LogP contribution < -0.4 is 0 Å². The molecule has 0 aromatic carbocycles. The molecular weight excluding hydrogens is 248 g/mol. The summed E-state index contributed by atoms with van der Waals surface area (Å²) in [4.78, 5) is 0. The van der Waals surface area contributed by atoms with Crippen LogP contribution in [0.2, 0.25) is 0 Å². The Balaban J connectivity index is 1.70. The molecule has 0 amide bonds. The average Bonchev–Trinajstić information content (AvgIpc) is 2.86. The van der Waals surface area contributed by atoms with Gasteiger partial charge < -0.3 is 9.84 Å². The highest BCUT2D eigenvalue weighted by Gasteiger charge is 2.22. The summed E-state index contributed by atoms with van der Waals surface area (Å²) in [5.41, 5.74) is 0. The van der Waals surface area contributed by atoms with Gasteiger partial charge in [0.2, 0.25) is 0 Å². The second kappa shape index (κ2) is 12.6. The van der Waals surface area contributed by atoms with Crippen LogP contribution in [0.25, 0.3) is 0 Å². The number of ether oxygens (including phenoxy) is 1. The lowest BCUT2D eigenvalue weighted by Gasteiger charge is -2.09. The van der Waals surface area contributed by atoms with Crippen molar-refractivity contribution >= 4 is 0 Å². The minimum atomic E-state index is -0.475. The van der Waals surface area contributed by atoms with Gasteiger partial charge in [-0.15, -0.1) is 0 Å². The van der Waals surface area contributed by atoms with E-state index in [-0.39, 0.29) is 0 Å². The third-order valence-corrected chi connectivity index (χ3v) is 4.46. The minimum Gasteiger partial charge on any atom is -0.368 e. The van der Waals surface area contributed by atoms with Crippen LogP contribution >= 0.6 is 0 Å². The van der Waals surface area contributed by atoms with Crippen molar-refractivity contribution in [3.63, 3.8) is 0 Å². The zero-order valence-corrected chi connectivity index (χ0v) is 13.6. The van der Waals surface area contributed by atoms with Crippen molar-refractivity contribution < 1.29 is 9.84 Å². The van der Waals surface area contributed by atoms with E-state index in [1.54, 1.807) is 0 Å². The van der Waals surface area contributed by atoms with Crippen molar-refractivity contribution in [2.45, 2.75) is 116 Å². The van der Waals surface area contributed by atoms with E-state index in [9.17, 15) is 5.11 Å². The van der Waals surface area contributed by atoms with E-state index in [4.69, 9.17) is 4.74 Å². The van der Waals surface area contributed by atoms with Crippen molar-refractivity contribution in [3.8, 4) is 0 Å². The molecule has 1 aliphatic heterocycles. The Hall–Kier alpha value is -0.0800. The summed E-state index contributed by atoms with van der Waals surface area (Å²) in [6, 6.07) is 0. The molecule has 20 heavy (non-hydrogen) atoms. The van der Waals surface area contributed by atoms with Gasteiger partial charge in [0.1, 0.15) is 0 Å². The molecule has 1 saturated heterocycles. The van der Waals surface area contributed by atoms with Crippen LogP contribution in [0, 0.1) is 0 Å². The van der Waals surface area contributed by atoms with Crippen LogP contribution in [0.4, 0.5) is 0 Å². The third kappa shape index (κ3) is 9.77. The molecule has 2 heteroatoms. The molecule has 120 valence electrons. The maximum absolute atomic E-state index is 9.27. The lowest BCUT2D eigenvalue weighted by Crippen LogP contribution is -2.09. The van der Waals surface area contributed by atoms with Crippen molar-refractivity contribution in [3.05, 3.63) is 0 Å². The number of hydrogen-bond acceptors (Lipinski definition) is 2. The fraction of sp³-hybridized carbons (Fsp3) is 1.00. The molecule has 2 nitrogen and oxygen atoms in total. The lowest BCUT2D eigenvalue weighted by molar-refractivity contribution is -0.0920. The SMILES string of the molecule is CCCCCCCCCCCCCCC1CCC(O)O1. The van der Waals surface area contributed by atoms with Gasteiger partial charge in [0.25, 0.3) is 0 Å². The summed E-state index contributed by atoms with van der Waals surface area (Å²) in [6.07, 6.45) is 19.7. The first-order chi connectivity index (χ1) is 9.83. The van der Waals surface area contributed by atoms with Crippen molar-refractivity contribution in [1.82, 2.24) is 0 Å². The molecule has 1 N–H and O–H groups in total. The van der Waals surface area contributed by atoms with Crippen LogP contribution in [0.15, 0.2) is 0 Å². The molecule has 0 aromatic heterocycles. The van der Waals surface area contributed by atoms with Gasteiger partial charge in [-0.3, -0.25) is 0 Å². The maximum Gasteiger partial charge on any atom is 0.154 e. The van der Waals surface area contributed by atoms with E-state index in [2.05, 4.69) is 6.92 Å². The molecule has 0 bridgehead atoms. The van der Waals surface area contributed by atoms with E-state index in [0.717, 1.165) is 19.3 Å². The van der Waals surface area contributed by atoms with Gasteiger partial charge in [0.15, 0.2) is 6.29 Å². The van der Waals surface area contributed by atoms with Crippen LogP contribution in [-0.4, -0.2) is 17.5 Å². The number of aliphatic hydroxyl groups excluding tert-OH is 1. The highest BCUT2D eigenvalue weighted by molar-refractivity contribution is 4.67. The molecule has 0 radical (unpaired) electrons. The molecule has 1 fully saturated rings. The fourth-order valence-electron chi connectivity index (χ4n) is 3.11. The topological polar surface area (TPSA) is 29.5 Å². The first-order valence-electron chi connectivity index (χ1n) is 9.16. The largest absolute Gasteiger partial charge is 0.368 e. The Morgan fingerprint density at radius 3 is 1.70 bits per heavy atom. The van der Waals surface area contributed by atoms with E-state index in [0.29, 0.717) is 6.10 Å².